The van der Waals surface area contributed by atoms with Gasteiger partial charge >= 0.3 is 0 Å². The number of nitrogens with one attached hydrogen (secondary N) is 3. The highest BCUT2D eigenvalue weighted by Crippen LogP contribution is 2.16. The maximum atomic E-state index is 12.4. The number of likely N-dealkylation sites (N-methyl/N-ethyl adjacent to an activating group) is 1. The number of piperazine rings is 1. The third-order valence-corrected chi connectivity index (χ3v) is 6.13. The van der Waals surface area contributed by atoms with Crippen LogP contribution in [0, 0.1) is 0 Å². The minimum Gasteiger partial charge on any atom is -0.378 e. The van der Waals surface area contributed by atoms with Crippen molar-refractivity contribution in [2.24, 2.45) is 0 Å². The van der Waals surface area contributed by atoms with Crippen LogP contribution in [0.25, 0.3) is 0 Å². The molecule has 0 bridgehead atoms. The molecule has 0 saturated carbocycles. The zero-order chi connectivity index (χ0) is 18.5. The first-order valence-corrected chi connectivity index (χ1v) is 10.2. The van der Waals surface area contributed by atoms with Gasteiger partial charge in [0.25, 0.3) is 5.91 Å². The zero-order valence-electron chi connectivity index (χ0n) is 15.9. The number of carbonyl (C=O) groups excluding carboxylic acids is 1. The molecule has 1 aromatic carbocycles. The van der Waals surface area contributed by atoms with Crippen molar-refractivity contribution in [3.05, 3.63) is 52.2 Å². The lowest BCUT2D eigenvalue weighted by molar-refractivity contribution is -1.02. The van der Waals surface area contributed by atoms with Crippen LogP contribution < -0.4 is 20.0 Å². The van der Waals surface area contributed by atoms with Crippen LogP contribution in [0.15, 0.2) is 41.8 Å². The molecule has 1 atom stereocenters. The van der Waals surface area contributed by atoms with Gasteiger partial charge in [0, 0.05) is 25.3 Å². The monoisotopic (exact) mass is 374 g/mol. The molecule has 0 aliphatic carbocycles. The van der Waals surface area contributed by atoms with Gasteiger partial charge in [0.2, 0.25) is 0 Å². The molecule has 3 rings (SSSR count). The minimum absolute atomic E-state index is 0.0362. The normalized spacial score (nSPS) is 21.2. The number of thiophene rings is 1. The molecule has 2 heterocycles. The van der Waals surface area contributed by atoms with Crippen LogP contribution >= 0.6 is 11.3 Å². The molecule has 2 aromatic rings. The number of carbonyl (C=O) groups is 1. The van der Waals surface area contributed by atoms with Gasteiger partial charge in [-0.2, -0.15) is 0 Å². The van der Waals surface area contributed by atoms with E-state index in [4.69, 9.17) is 0 Å². The van der Waals surface area contributed by atoms with Gasteiger partial charge < -0.3 is 20.0 Å². The molecule has 0 unspecified atom stereocenters. The second-order valence-corrected chi connectivity index (χ2v) is 8.29. The van der Waals surface area contributed by atoms with Gasteiger partial charge in [-0.15, -0.1) is 11.3 Å². The number of hydrogen-bond acceptors (Lipinski definition) is 3. The zero-order valence-corrected chi connectivity index (χ0v) is 16.7. The van der Waals surface area contributed by atoms with Crippen LogP contribution in [0.4, 0.5) is 5.69 Å². The number of benzene rings is 1. The van der Waals surface area contributed by atoms with E-state index in [0.717, 1.165) is 18.0 Å². The van der Waals surface area contributed by atoms with Crippen molar-refractivity contribution in [2.45, 2.75) is 6.04 Å². The Labute approximate surface area is 160 Å². The summed E-state index contributed by atoms with van der Waals surface area (Å²) in [5, 5.41) is 5.11. The Hall–Kier alpha value is -1.89. The van der Waals surface area contributed by atoms with Gasteiger partial charge in [0.15, 0.2) is 0 Å². The van der Waals surface area contributed by atoms with Crippen LogP contribution in [0.5, 0.6) is 0 Å². The van der Waals surface area contributed by atoms with Crippen molar-refractivity contribution < 1.29 is 14.6 Å². The lowest BCUT2D eigenvalue weighted by atomic mass is 10.0. The quantitative estimate of drug-likeness (QED) is 0.650. The molecular weight excluding hydrogens is 344 g/mol. The van der Waals surface area contributed by atoms with E-state index in [1.165, 1.54) is 35.7 Å². The lowest BCUT2D eigenvalue weighted by Crippen LogP contribution is -3.27. The van der Waals surface area contributed by atoms with Crippen LogP contribution in [0.2, 0.25) is 0 Å². The molecule has 140 valence electrons. The van der Waals surface area contributed by atoms with E-state index in [9.17, 15) is 4.79 Å². The van der Waals surface area contributed by atoms with Crippen molar-refractivity contribution in [3.8, 4) is 0 Å². The molecule has 1 aromatic heterocycles. The molecule has 0 radical (unpaired) electrons. The minimum atomic E-state index is 0.0362. The van der Waals surface area contributed by atoms with Crippen molar-refractivity contribution in [1.29, 1.82) is 0 Å². The summed E-state index contributed by atoms with van der Waals surface area (Å²) in [5.74, 6) is 0.0362. The Morgan fingerprint density at radius 1 is 1.15 bits per heavy atom. The smallest absolute Gasteiger partial charge is 0.261 e. The molecular formula is C20H30N4OS+2. The van der Waals surface area contributed by atoms with E-state index in [2.05, 4.69) is 55.6 Å². The van der Waals surface area contributed by atoms with Crippen LogP contribution in [-0.2, 0) is 0 Å². The SMILES string of the molecule is CN(C)c1ccc([C@H](CNC(=O)c2cccs2)[NH+]2CC[NH+](C)CC2)cc1. The molecule has 3 N–H and O–H groups in total. The van der Waals surface area contributed by atoms with Crippen molar-refractivity contribution in [3.63, 3.8) is 0 Å². The second-order valence-electron chi connectivity index (χ2n) is 7.34. The average Bonchev–Trinajstić information content (AvgIpc) is 3.18. The summed E-state index contributed by atoms with van der Waals surface area (Å²) in [5.41, 5.74) is 2.50. The Morgan fingerprint density at radius 3 is 2.42 bits per heavy atom. The van der Waals surface area contributed by atoms with E-state index in [1.54, 1.807) is 9.80 Å². The fraction of sp³-hybridized carbons (Fsp3) is 0.450. The summed E-state index contributed by atoms with van der Waals surface area (Å²) in [4.78, 5) is 18.5. The first-order valence-electron chi connectivity index (χ1n) is 9.29. The molecule has 1 amide bonds. The van der Waals surface area contributed by atoms with Gasteiger partial charge in [0.05, 0.1) is 18.5 Å². The molecule has 6 heteroatoms. The predicted octanol–water partition coefficient (Wildman–Crippen LogP) is -0.302. The standard InChI is InChI=1S/C20H28N4OS/c1-22(2)17-8-6-16(7-9-17)18(24-12-10-23(3)11-13-24)15-21-20(25)19-5-4-14-26-19/h4-9,14,18H,10-13,15H2,1-3H3,(H,21,25)/p+2/t18-/m0/s1. The van der Waals surface area contributed by atoms with Gasteiger partial charge in [-0.1, -0.05) is 18.2 Å². The number of quaternary nitrogens is 2. The number of anilines is 1. The molecule has 5 nitrogen and oxygen atoms in total. The highest BCUT2D eigenvalue weighted by atomic mass is 32.1. The van der Waals surface area contributed by atoms with E-state index in [-0.39, 0.29) is 5.91 Å². The maximum Gasteiger partial charge on any atom is 0.261 e. The van der Waals surface area contributed by atoms with Gasteiger partial charge in [-0.25, -0.2) is 0 Å². The van der Waals surface area contributed by atoms with E-state index >= 15 is 0 Å². The second kappa shape index (κ2) is 8.66. The Bertz CT molecular complexity index is 691. The van der Waals surface area contributed by atoms with Crippen LogP contribution in [0.1, 0.15) is 21.3 Å². The van der Waals surface area contributed by atoms with Gasteiger partial charge in [-0.05, 0) is 23.6 Å². The molecule has 1 fully saturated rings. The van der Waals surface area contributed by atoms with Crippen LogP contribution in [-0.4, -0.2) is 59.8 Å². The first kappa shape index (κ1) is 18.9. The first-order chi connectivity index (χ1) is 12.5. The van der Waals surface area contributed by atoms with Crippen molar-refractivity contribution >= 4 is 22.9 Å². The number of amides is 1. The third-order valence-electron chi connectivity index (χ3n) is 5.26. The van der Waals surface area contributed by atoms with Crippen molar-refractivity contribution in [1.82, 2.24) is 5.32 Å². The fourth-order valence-electron chi connectivity index (χ4n) is 3.54. The van der Waals surface area contributed by atoms with Gasteiger partial charge in [-0.3, -0.25) is 4.79 Å². The van der Waals surface area contributed by atoms with E-state index in [1.807, 2.05) is 17.5 Å². The van der Waals surface area contributed by atoms with Gasteiger partial charge in [0.1, 0.15) is 32.2 Å². The Morgan fingerprint density at radius 2 is 1.85 bits per heavy atom. The Kier molecular flexibility index (Phi) is 6.29. The molecule has 26 heavy (non-hydrogen) atoms. The predicted molar refractivity (Wildman–Crippen MR) is 107 cm³/mol. The summed E-state index contributed by atoms with van der Waals surface area (Å²) in [7, 11) is 6.38. The maximum absolute atomic E-state index is 12.4. The molecule has 1 aliphatic rings. The molecule has 1 saturated heterocycles. The third kappa shape index (κ3) is 4.63. The van der Waals surface area contributed by atoms with E-state index in [0.29, 0.717) is 12.6 Å². The summed E-state index contributed by atoms with van der Waals surface area (Å²) >= 11 is 1.49. The average molecular weight is 375 g/mol. The lowest BCUT2D eigenvalue weighted by Gasteiger charge is -2.33. The summed E-state index contributed by atoms with van der Waals surface area (Å²) in [6, 6.07) is 12.9. The topological polar surface area (TPSA) is 41.2 Å². The number of rotatable bonds is 6. The number of hydrogen-bond donors (Lipinski definition) is 3. The number of nitrogens with zero attached hydrogens (tertiary/aromatic N) is 1. The summed E-state index contributed by atoms with van der Waals surface area (Å²) < 4.78 is 0. The van der Waals surface area contributed by atoms with Crippen molar-refractivity contribution in [2.75, 3.05) is 58.8 Å². The molecule has 0 spiro atoms. The Balaban J connectivity index is 1.73. The van der Waals surface area contributed by atoms with Crippen LogP contribution in [0.3, 0.4) is 0 Å². The molecule has 1 aliphatic heterocycles. The highest BCUT2D eigenvalue weighted by Gasteiger charge is 2.29. The summed E-state index contributed by atoms with van der Waals surface area (Å²) in [6.45, 7) is 5.31. The van der Waals surface area contributed by atoms with E-state index < -0.39 is 0 Å². The largest absolute Gasteiger partial charge is 0.378 e. The highest BCUT2D eigenvalue weighted by molar-refractivity contribution is 7.12. The fourth-order valence-corrected chi connectivity index (χ4v) is 4.18. The summed E-state index contributed by atoms with van der Waals surface area (Å²) in [6.07, 6.45) is 0.